The van der Waals surface area contributed by atoms with Crippen molar-refractivity contribution in [2.24, 2.45) is 0 Å². The molecule has 0 bridgehead atoms. The van der Waals surface area contributed by atoms with Gasteiger partial charge in [0.1, 0.15) is 0 Å². The summed E-state index contributed by atoms with van der Waals surface area (Å²) in [7, 11) is 0. The van der Waals surface area contributed by atoms with Crippen LogP contribution in [-0.2, 0) is 11.0 Å². The number of hydrogen-bond acceptors (Lipinski definition) is 2. The Bertz CT molecular complexity index is 471. The first-order chi connectivity index (χ1) is 8.38. The van der Waals surface area contributed by atoms with Crippen LogP contribution in [0.5, 0.6) is 0 Å². The standard InChI is InChI=1S/C12H12F3NO2/c13-12(14,15)8-1-2-9-7(5-11(17)18)3-4-16-10(9)6-8/h1-2,6-7,16H,3-5H2,(H,17,18). The molecular weight excluding hydrogens is 247 g/mol. The van der Waals surface area contributed by atoms with Gasteiger partial charge in [-0.25, -0.2) is 0 Å². The van der Waals surface area contributed by atoms with E-state index in [-0.39, 0.29) is 12.3 Å². The van der Waals surface area contributed by atoms with Crippen LogP contribution >= 0.6 is 0 Å². The Balaban J connectivity index is 2.33. The van der Waals surface area contributed by atoms with E-state index in [1.54, 1.807) is 0 Å². The molecule has 1 unspecified atom stereocenters. The van der Waals surface area contributed by atoms with E-state index >= 15 is 0 Å². The molecule has 0 radical (unpaired) electrons. The van der Waals surface area contributed by atoms with E-state index in [2.05, 4.69) is 5.32 Å². The van der Waals surface area contributed by atoms with Gasteiger partial charge in [-0.1, -0.05) is 6.07 Å². The van der Waals surface area contributed by atoms with Gasteiger partial charge in [-0.3, -0.25) is 4.79 Å². The van der Waals surface area contributed by atoms with Crippen molar-refractivity contribution in [2.75, 3.05) is 11.9 Å². The van der Waals surface area contributed by atoms with E-state index in [4.69, 9.17) is 5.11 Å². The Morgan fingerprint density at radius 3 is 2.78 bits per heavy atom. The summed E-state index contributed by atoms with van der Waals surface area (Å²) in [6, 6.07) is 3.42. The Morgan fingerprint density at radius 1 is 1.44 bits per heavy atom. The fourth-order valence-corrected chi connectivity index (χ4v) is 2.20. The zero-order valence-electron chi connectivity index (χ0n) is 9.42. The molecule has 0 saturated carbocycles. The highest BCUT2D eigenvalue weighted by Gasteiger charge is 2.32. The predicted octanol–water partition coefficient (Wildman–Crippen LogP) is 3.08. The Labute approximate surface area is 102 Å². The second kappa shape index (κ2) is 4.51. The summed E-state index contributed by atoms with van der Waals surface area (Å²) in [5.74, 6) is -1.16. The minimum absolute atomic E-state index is 0.0555. The van der Waals surface area contributed by atoms with Gasteiger partial charge in [0.05, 0.1) is 12.0 Å². The molecule has 1 aliphatic heterocycles. The molecule has 1 aromatic carbocycles. The first kappa shape index (κ1) is 12.7. The van der Waals surface area contributed by atoms with Crippen LogP contribution in [0.4, 0.5) is 18.9 Å². The van der Waals surface area contributed by atoms with Gasteiger partial charge < -0.3 is 10.4 Å². The molecule has 0 aliphatic carbocycles. The second-order valence-corrected chi connectivity index (χ2v) is 4.31. The monoisotopic (exact) mass is 259 g/mol. The molecule has 1 aliphatic rings. The second-order valence-electron chi connectivity index (χ2n) is 4.31. The van der Waals surface area contributed by atoms with Crippen LogP contribution in [0.25, 0.3) is 0 Å². The molecule has 2 rings (SSSR count). The zero-order chi connectivity index (χ0) is 13.3. The van der Waals surface area contributed by atoms with E-state index in [0.717, 1.165) is 12.1 Å². The Morgan fingerprint density at radius 2 is 2.17 bits per heavy atom. The van der Waals surface area contributed by atoms with Crippen molar-refractivity contribution in [2.45, 2.75) is 24.9 Å². The number of carbonyl (C=O) groups is 1. The summed E-state index contributed by atoms with van der Waals surface area (Å²) in [6.07, 6.45) is -3.82. The number of alkyl halides is 3. The van der Waals surface area contributed by atoms with Crippen LogP contribution in [0.3, 0.4) is 0 Å². The molecule has 0 spiro atoms. The molecule has 0 aromatic heterocycles. The maximum Gasteiger partial charge on any atom is 0.416 e. The number of halogens is 3. The lowest BCUT2D eigenvalue weighted by molar-refractivity contribution is -0.138. The van der Waals surface area contributed by atoms with Crippen molar-refractivity contribution in [3.8, 4) is 0 Å². The van der Waals surface area contributed by atoms with Gasteiger partial charge in [0.2, 0.25) is 0 Å². The van der Waals surface area contributed by atoms with E-state index in [1.165, 1.54) is 6.07 Å². The SMILES string of the molecule is O=C(O)CC1CCNc2cc(C(F)(F)F)ccc21. The molecular formula is C12H12F3NO2. The van der Waals surface area contributed by atoms with Crippen LogP contribution in [0, 0.1) is 0 Å². The number of benzene rings is 1. The smallest absolute Gasteiger partial charge is 0.416 e. The average molecular weight is 259 g/mol. The predicted molar refractivity (Wildman–Crippen MR) is 59.5 cm³/mol. The highest BCUT2D eigenvalue weighted by Crippen LogP contribution is 2.38. The quantitative estimate of drug-likeness (QED) is 0.858. The highest BCUT2D eigenvalue weighted by atomic mass is 19.4. The lowest BCUT2D eigenvalue weighted by atomic mass is 9.87. The van der Waals surface area contributed by atoms with Crippen molar-refractivity contribution in [1.29, 1.82) is 0 Å². The number of carboxylic acids is 1. The van der Waals surface area contributed by atoms with Gasteiger partial charge >= 0.3 is 12.1 Å². The van der Waals surface area contributed by atoms with Crippen LogP contribution in [0.15, 0.2) is 18.2 Å². The van der Waals surface area contributed by atoms with Crippen molar-refractivity contribution in [3.05, 3.63) is 29.3 Å². The van der Waals surface area contributed by atoms with E-state index in [0.29, 0.717) is 24.2 Å². The molecule has 98 valence electrons. The molecule has 0 amide bonds. The maximum atomic E-state index is 12.5. The normalized spacial score (nSPS) is 18.9. The number of carboxylic acid groups (broad SMARTS) is 1. The fraction of sp³-hybridized carbons (Fsp3) is 0.417. The lowest BCUT2D eigenvalue weighted by Gasteiger charge is -2.26. The van der Waals surface area contributed by atoms with E-state index in [9.17, 15) is 18.0 Å². The summed E-state index contributed by atoms with van der Waals surface area (Å²) in [5.41, 5.74) is 0.323. The van der Waals surface area contributed by atoms with Gasteiger partial charge in [0.15, 0.2) is 0 Å². The van der Waals surface area contributed by atoms with Gasteiger partial charge in [-0.2, -0.15) is 13.2 Å². The first-order valence-corrected chi connectivity index (χ1v) is 5.54. The Kier molecular flexibility index (Phi) is 3.19. The number of hydrogen-bond donors (Lipinski definition) is 2. The van der Waals surface area contributed by atoms with E-state index < -0.39 is 17.7 Å². The fourth-order valence-electron chi connectivity index (χ4n) is 2.20. The minimum Gasteiger partial charge on any atom is -0.481 e. The first-order valence-electron chi connectivity index (χ1n) is 5.54. The lowest BCUT2D eigenvalue weighted by Crippen LogP contribution is -2.20. The minimum atomic E-state index is -4.38. The molecule has 0 fully saturated rings. The number of nitrogens with one attached hydrogen (secondary N) is 1. The summed E-state index contributed by atoms with van der Waals surface area (Å²) >= 11 is 0. The van der Waals surface area contributed by atoms with Gasteiger partial charge in [0, 0.05) is 12.2 Å². The van der Waals surface area contributed by atoms with Crippen LogP contribution < -0.4 is 5.32 Å². The molecule has 1 atom stereocenters. The third-order valence-corrected chi connectivity index (χ3v) is 3.05. The van der Waals surface area contributed by atoms with Crippen molar-refractivity contribution < 1.29 is 23.1 Å². The molecule has 1 heterocycles. The van der Waals surface area contributed by atoms with Crippen molar-refractivity contribution >= 4 is 11.7 Å². The van der Waals surface area contributed by atoms with E-state index in [1.807, 2.05) is 0 Å². The van der Waals surface area contributed by atoms with Gasteiger partial charge in [0.25, 0.3) is 0 Å². The number of rotatable bonds is 2. The summed E-state index contributed by atoms with van der Waals surface area (Å²) in [6.45, 7) is 0.492. The highest BCUT2D eigenvalue weighted by molar-refractivity contribution is 5.69. The largest absolute Gasteiger partial charge is 0.481 e. The van der Waals surface area contributed by atoms with Crippen LogP contribution in [-0.4, -0.2) is 17.6 Å². The Hall–Kier alpha value is -1.72. The summed E-state index contributed by atoms with van der Waals surface area (Å²) in [5, 5.41) is 11.7. The summed E-state index contributed by atoms with van der Waals surface area (Å²) < 4.78 is 37.6. The zero-order valence-corrected chi connectivity index (χ0v) is 9.42. The van der Waals surface area contributed by atoms with Gasteiger partial charge in [-0.05, 0) is 30.0 Å². The van der Waals surface area contributed by atoms with Gasteiger partial charge in [-0.15, -0.1) is 0 Å². The molecule has 1 aromatic rings. The van der Waals surface area contributed by atoms with Crippen molar-refractivity contribution in [1.82, 2.24) is 0 Å². The molecule has 2 N–H and O–H groups in total. The summed E-state index contributed by atoms with van der Waals surface area (Å²) in [4.78, 5) is 10.7. The number of aliphatic carboxylic acids is 1. The average Bonchev–Trinajstić information content (AvgIpc) is 2.27. The van der Waals surface area contributed by atoms with Crippen LogP contribution in [0.2, 0.25) is 0 Å². The number of anilines is 1. The number of fused-ring (bicyclic) bond motifs is 1. The van der Waals surface area contributed by atoms with Crippen LogP contribution in [0.1, 0.15) is 29.9 Å². The third-order valence-electron chi connectivity index (χ3n) is 3.05. The topological polar surface area (TPSA) is 49.3 Å². The molecule has 6 heteroatoms. The van der Waals surface area contributed by atoms with Crippen molar-refractivity contribution in [3.63, 3.8) is 0 Å². The molecule has 18 heavy (non-hydrogen) atoms. The maximum absolute atomic E-state index is 12.5. The third kappa shape index (κ3) is 2.57. The molecule has 3 nitrogen and oxygen atoms in total. The molecule has 0 saturated heterocycles.